The van der Waals surface area contributed by atoms with E-state index in [1.807, 2.05) is 30.7 Å². The third kappa shape index (κ3) is 5.63. The summed E-state index contributed by atoms with van der Waals surface area (Å²) in [6, 6.07) is 14.4. The molecule has 2 N–H and O–H groups in total. The molecule has 0 bridgehead atoms. The van der Waals surface area contributed by atoms with E-state index in [1.54, 1.807) is 13.2 Å². The topological polar surface area (TPSA) is 72.7 Å². The summed E-state index contributed by atoms with van der Waals surface area (Å²) in [6.45, 7) is 2.44. The van der Waals surface area contributed by atoms with Gasteiger partial charge in [0.15, 0.2) is 17.5 Å². The van der Waals surface area contributed by atoms with Gasteiger partial charge < -0.3 is 24.7 Å². The van der Waals surface area contributed by atoms with E-state index in [0.717, 1.165) is 29.6 Å². The number of ether oxygens (including phenoxy) is 2. The van der Waals surface area contributed by atoms with E-state index in [1.165, 1.54) is 11.1 Å². The van der Waals surface area contributed by atoms with Crippen molar-refractivity contribution in [3.63, 3.8) is 0 Å². The van der Waals surface area contributed by atoms with E-state index < -0.39 is 0 Å². The SMILES string of the molecule is CN=C(NCc1cccc(Cn2ccnc2)c1)NCc1ccc2c(c1)OCO2.I. The van der Waals surface area contributed by atoms with E-state index in [9.17, 15) is 0 Å². The number of imidazole rings is 1. The van der Waals surface area contributed by atoms with Crippen LogP contribution in [0.5, 0.6) is 11.5 Å². The number of guanidine groups is 1. The van der Waals surface area contributed by atoms with Gasteiger partial charge in [-0.25, -0.2) is 4.98 Å². The molecule has 0 spiro atoms. The molecule has 8 heteroatoms. The summed E-state index contributed by atoms with van der Waals surface area (Å²) in [5.41, 5.74) is 3.54. The quantitative estimate of drug-likeness (QED) is 0.306. The van der Waals surface area contributed by atoms with Crippen molar-refractivity contribution >= 4 is 29.9 Å². The predicted molar refractivity (Wildman–Crippen MR) is 123 cm³/mol. The number of aromatic nitrogens is 2. The molecular weight excluding hydrogens is 481 g/mol. The molecule has 0 saturated heterocycles. The Labute approximate surface area is 187 Å². The molecule has 1 aliphatic heterocycles. The van der Waals surface area contributed by atoms with Crippen LogP contribution in [0.2, 0.25) is 0 Å². The van der Waals surface area contributed by atoms with Gasteiger partial charge in [0.2, 0.25) is 6.79 Å². The standard InChI is InChI=1S/C21H23N5O2.HI/c1-22-21(25-12-17-5-6-19-20(10-17)28-15-27-19)24-11-16-3-2-4-18(9-16)13-26-8-7-23-14-26;/h2-10,14H,11-13,15H2,1H3,(H2,22,24,25);1H. The van der Waals surface area contributed by atoms with Crippen LogP contribution in [0, 0.1) is 0 Å². The van der Waals surface area contributed by atoms with Crippen LogP contribution in [-0.4, -0.2) is 29.4 Å². The van der Waals surface area contributed by atoms with Crippen LogP contribution in [0.1, 0.15) is 16.7 Å². The summed E-state index contributed by atoms with van der Waals surface area (Å²) >= 11 is 0. The molecule has 0 radical (unpaired) electrons. The Morgan fingerprint density at radius 1 is 1.03 bits per heavy atom. The van der Waals surface area contributed by atoms with Crippen molar-refractivity contribution in [3.05, 3.63) is 77.9 Å². The van der Waals surface area contributed by atoms with Crippen molar-refractivity contribution in [2.24, 2.45) is 4.99 Å². The summed E-state index contributed by atoms with van der Waals surface area (Å²) in [7, 11) is 1.77. The number of fused-ring (bicyclic) bond motifs is 1. The average molecular weight is 505 g/mol. The first kappa shape index (κ1) is 21.0. The minimum Gasteiger partial charge on any atom is -0.454 e. The predicted octanol–water partition coefficient (Wildman–Crippen LogP) is 3.14. The zero-order chi connectivity index (χ0) is 19.2. The minimum atomic E-state index is 0. The summed E-state index contributed by atoms with van der Waals surface area (Å²) in [4.78, 5) is 8.39. The summed E-state index contributed by atoms with van der Waals surface area (Å²) in [5, 5.41) is 6.69. The molecule has 4 rings (SSSR count). The van der Waals surface area contributed by atoms with Crippen LogP contribution in [0.15, 0.2) is 66.2 Å². The molecule has 0 unspecified atom stereocenters. The molecule has 29 heavy (non-hydrogen) atoms. The fourth-order valence-electron chi connectivity index (χ4n) is 3.07. The molecule has 0 fully saturated rings. The highest BCUT2D eigenvalue weighted by Crippen LogP contribution is 2.32. The van der Waals surface area contributed by atoms with Crippen LogP contribution < -0.4 is 20.1 Å². The highest BCUT2D eigenvalue weighted by Gasteiger charge is 2.13. The minimum absolute atomic E-state index is 0. The Morgan fingerprint density at radius 3 is 2.55 bits per heavy atom. The van der Waals surface area contributed by atoms with Gasteiger partial charge in [-0.15, -0.1) is 24.0 Å². The number of nitrogens with zero attached hydrogens (tertiary/aromatic N) is 3. The van der Waals surface area contributed by atoms with Crippen molar-refractivity contribution in [1.82, 2.24) is 20.2 Å². The van der Waals surface area contributed by atoms with Gasteiger partial charge in [-0.3, -0.25) is 4.99 Å². The van der Waals surface area contributed by atoms with E-state index in [4.69, 9.17) is 9.47 Å². The molecule has 0 atom stereocenters. The number of nitrogens with one attached hydrogen (secondary N) is 2. The van der Waals surface area contributed by atoms with Crippen molar-refractivity contribution in [2.45, 2.75) is 19.6 Å². The van der Waals surface area contributed by atoms with Crippen LogP contribution in [-0.2, 0) is 19.6 Å². The molecule has 0 aliphatic carbocycles. The molecule has 3 aromatic rings. The number of hydrogen-bond acceptors (Lipinski definition) is 4. The van der Waals surface area contributed by atoms with E-state index in [-0.39, 0.29) is 30.8 Å². The highest BCUT2D eigenvalue weighted by atomic mass is 127. The number of rotatable bonds is 6. The third-order valence-corrected chi connectivity index (χ3v) is 4.50. The van der Waals surface area contributed by atoms with Gasteiger partial charge in [-0.1, -0.05) is 30.3 Å². The largest absolute Gasteiger partial charge is 0.454 e. The highest BCUT2D eigenvalue weighted by molar-refractivity contribution is 14.0. The van der Waals surface area contributed by atoms with E-state index in [2.05, 4.69) is 49.4 Å². The average Bonchev–Trinajstić information content (AvgIpc) is 3.40. The molecule has 0 saturated carbocycles. The normalized spacial score (nSPS) is 12.4. The molecule has 0 amide bonds. The van der Waals surface area contributed by atoms with Gasteiger partial charge >= 0.3 is 0 Å². The van der Waals surface area contributed by atoms with Gasteiger partial charge in [0, 0.05) is 39.1 Å². The third-order valence-electron chi connectivity index (χ3n) is 4.50. The van der Waals surface area contributed by atoms with Gasteiger partial charge in [0.1, 0.15) is 0 Å². The second kappa shape index (κ2) is 10.1. The maximum absolute atomic E-state index is 5.42. The van der Waals surface area contributed by atoms with Crippen LogP contribution in [0.25, 0.3) is 0 Å². The molecular formula is C21H24IN5O2. The summed E-state index contributed by atoms with van der Waals surface area (Å²) in [5.74, 6) is 2.33. The van der Waals surface area contributed by atoms with Crippen molar-refractivity contribution in [3.8, 4) is 11.5 Å². The second-order valence-electron chi connectivity index (χ2n) is 6.52. The first-order valence-corrected chi connectivity index (χ1v) is 9.17. The lowest BCUT2D eigenvalue weighted by Crippen LogP contribution is -2.36. The Morgan fingerprint density at radius 2 is 1.79 bits per heavy atom. The maximum atomic E-state index is 5.42. The van der Waals surface area contributed by atoms with Crippen LogP contribution >= 0.6 is 24.0 Å². The Balaban J connectivity index is 0.00000240. The van der Waals surface area contributed by atoms with Crippen molar-refractivity contribution in [1.29, 1.82) is 0 Å². The first-order valence-electron chi connectivity index (χ1n) is 9.17. The molecule has 2 heterocycles. The Bertz CT molecular complexity index is 959. The van der Waals surface area contributed by atoms with Crippen molar-refractivity contribution < 1.29 is 9.47 Å². The Hall–Kier alpha value is -2.75. The second-order valence-corrected chi connectivity index (χ2v) is 6.52. The Kier molecular flexibility index (Phi) is 7.34. The molecule has 7 nitrogen and oxygen atoms in total. The van der Waals surface area contributed by atoms with Gasteiger partial charge in [-0.2, -0.15) is 0 Å². The van der Waals surface area contributed by atoms with Gasteiger partial charge in [-0.05, 0) is 28.8 Å². The van der Waals surface area contributed by atoms with Crippen LogP contribution in [0.4, 0.5) is 0 Å². The summed E-state index contributed by atoms with van der Waals surface area (Å²) in [6.07, 6.45) is 5.58. The monoisotopic (exact) mass is 505 g/mol. The fraction of sp³-hybridized carbons (Fsp3) is 0.238. The zero-order valence-corrected chi connectivity index (χ0v) is 18.5. The van der Waals surface area contributed by atoms with E-state index in [0.29, 0.717) is 13.1 Å². The number of benzene rings is 2. The number of aliphatic imine (C=N–C) groups is 1. The maximum Gasteiger partial charge on any atom is 0.231 e. The lowest BCUT2D eigenvalue weighted by atomic mass is 10.1. The molecule has 1 aromatic heterocycles. The number of halogens is 1. The molecule has 2 aromatic carbocycles. The van der Waals surface area contributed by atoms with Crippen molar-refractivity contribution in [2.75, 3.05) is 13.8 Å². The summed E-state index contributed by atoms with van der Waals surface area (Å²) < 4.78 is 12.8. The smallest absolute Gasteiger partial charge is 0.231 e. The fourth-order valence-corrected chi connectivity index (χ4v) is 3.07. The molecule has 152 valence electrons. The first-order chi connectivity index (χ1) is 13.8. The van der Waals surface area contributed by atoms with Crippen LogP contribution in [0.3, 0.4) is 0 Å². The molecule has 1 aliphatic rings. The zero-order valence-electron chi connectivity index (χ0n) is 16.2. The lowest BCUT2D eigenvalue weighted by Gasteiger charge is -2.13. The van der Waals surface area contributed by atoms with Gasteiger partial charge in [0.05, 0.1) is 6.33 Å². The van der Waals surface area contributed by atoms with E-state index >= 15 is 0 Å². The number of hydrogen-bond donors (Lipinski definition) is 2. The van der Waals surface area contributed by atoms with Gasteiger partial charge in [0.25, 0.3) is 0 Å². The lowest BCUT2D eigenvalue weighted by molar-refractivity contribution is 0.174.